The number of nitrogens with one attached hydrogen (secondary N) is 2. The van der Waals surface area contributed by atoms with E-state index in [-0.39, 0.29) is 69.1 Å². The van der Waals surface area contributed by atoms with Crippen LogP contribution in [0.2, 0.25) is 0 Å². The maximum absolute atomic E-state index is 13.5. The molecule has 0 radical (unpaired) electrons. The van der Waals surface area contributed by atoms with E-state index in [1.807, 2.05) is 13.8 Å². The number of carbonyl (C=O) groups excluding carboxylic acids is 2. The summed E-state index contributed by atoms with van der Waals surface area (Å²) in [5.74, 6) is -0.553. The van der Waals surface area contributed by atoms with E-state index in [0.717, 1.165) is 18.5 Å². The summed E-state index contributed by atoms with van der Waals surface area (Å²) in [6, 6.07) is -0.566. The Hall–Kier alpha value is -3.89. The molecule has 0 saturated carbocycles. The summed E-state index contributed by atoms with van der Waals surface area (Å²) in [6.07, 6.45) is -8.02. The number of rotatable bonds is 9. The van der Waals surface area contributed by atoms with E-state index < -0.39 is 52.7 Å². The van der Waals surface area contributed by atoms with Crippen molar-refractivity contribution < 1.29 is 40.7 Å². The molecule has 0 aromatic carbocycles. The average molecular weight is 620 g/mol. The molecule has 11 nitrogen and oxygen atoms in total. The molecule has 1 saturated heterocycles. The molecular formula is C26H31F6N7O4. The number of H-pyrrole nitrogens is 1. The summed E-state index contributed by atoms with van der Waals surface area (Å²) in [6.45, 7) is 5.60. The highest BCUT2D eigenvalue weighted by Gasteiger charge is 2.44. The van der Waals surface area contributed by atoms with Crippen LogP contribution in [0.4, 0.5) is 43.5 Å². The third-order valence-electron chi connectivity index (χ3n) is 6.94. The summed E-state index contributed by atoms with van der Waals surface area (Å²) < 4.78 is 85.4. The van der Waals surface area contributed by atoms with Gasteiger partial charge in [-0.2, -0.15) is 31.4 Å². The first kappa shape index (κ1) is 32.0. The van der Waals surface area contributed by atoms with E-state index in [1.165, 1.54) is 16.7 Å². The van der Waals surface area contributed by atoms with Crippen LogP contribution in [0.1, 0.15) is 38.3 Å². The zero-order valence-corrected chi connectivity index (χ0v) is 23.6. The zero-order valence-electron chi connectivity index (χ0n) is 23.6. The van der Waals surface area contributed by atoms with Crippen LogP contribution in [0.15, 0.2) is 23.3 Å². The van der Waals surface area contributed by atoms with E-state index in [4.69, 9.17) is 4.74 Å². The molecule has 4 heterocycles. The lowest BCUT2D eigenvalue weighted by Crippen LogP contribution is -2.64. The zero-order chi connectivity index (χ0) is 31.7. The summed E-state index contributed by atoms with van der Waals surface area (Å²) in [7, 11) is 0. The van der Waals surface area contributed by atoms with E-state index in [0.29, 0.717) is 0 Å². The highest BCUT2D eigenvalue weighted by atomic mass is 19.4. The van der Waals surface area contributed by atoms with Crippen LogP contribution in [0.25, 0.3) is 0 Å². The van der Waals surface area contributed by atoms with Gasteiger partial charge in [0.15, 0.2) is 5.82 Å². The van der Waals surface area contributed by atoms with Crippen molar-refractivity contribution in [1.29, 1.82) is 0 Å². The number of amides is 2. The lowest BCUT2D eigenvalue weighted by molar-refractivity contribution is -0.138. The predicted molar refractivity (Wildman–Crippen MR) is 143 cm³/mol. The van der Waals surface area contributed by atoms with Gasteiger partial charge in [0.25, 0.3) is 11.5 Å². The van der Waals surface area contributed by atoms with Gasteiger partial charge in [0.1, 0.15) is 11.6 Å². The van der Waals surface area contributed by atoms with Crippen LogP contribution < -0.4 is 20.7 Å². The van der Waals surface area contributed by atoms with Crippen molar-refractivity contribution >= 4 is 29.0 Å². The smallest absolute Gasteiger partial charge is 0.379 e. The van der Waals surface area contributed by atoms with E-state index in [9.17, 15) is 40.7 Å². The number of anilines is 3. The molecular weight excluding hydrogens is 588 g/mol. The van der Waals surface area contributed by atoms with Crippen LogP contribution >= 0.6 is 0 Å². The molecule has 43 heavy (non-hydrogen) atoms. The van der Waals surface area contributed by atoms with Crippen LogP contribution in [-0.2, 0) is 26.7 Å². The SMILES string of the molecule is CC(C)CN1C(=O)[C@H]2CN(C(=O)CCOC[C@H](C)Nc3cn[nH]c(=O)c3C(F)(F)F)CCN2c2ncc(C(F)(F)F)cc21. The maximum atomic E-state index is 13.5. The molecule has 17 heteroatoms. The number of ether oxygens (including phenoxy) is 1. The molecule has 2 aliphatic rings. The lowest BCUT2D eigenvalue weighted by Gasteiger charge is -2.47. The van der Waals surface area contributed by atoms with Gasteiger partial charge in [0.2, 0.25) is 5.91 Å². The van der Waals surface area contributed by atoms with Gasteiger partial charge in [-0.05, 0) is 18.9 Å². The van der Waals surface area contributed by atoms with Crippen molar-refractivity contribution in [3.63, 3.8) is 0 Å². The van der Waals surface area contributed by atoms with Crippen molar-refractivity contribution in [2.75, 3.05) is 54.5 Å². The normalized spacial score (nSPS) is 18.0. The highest BCUT2D eigenvalue weighted by molar-refractivity contribution is 6.05. The van der Waals surface area contributed by atoms with Gasteiger partial charge in [-0.25, -0.2) is 10.1 Å². The molecule has 0 unspecified atom stereocenters. The minimum Gasteiger partial charge on any atom is -0.379 e. The fourth-order valence-corrected chi connectivity index (χ4v) is 5.02. The molecule has 0 aliphatic carbocycles. The van der Waals surface area contributed by atoms with Crippen molar-refractivity contribution in [3.05, 3.63) is 39.9 Å². The second kappa shape index (κ2) is 12.4. The summed E-state index contributed by atoms with van der Waals surface area (Å²) in [5.41, 5.74) is -4.18. The minimum atomic E-state index is -4.90. The third-order valence-corrected chi connectivity index (χ3v) is 6.94. The molecule has 236 valence electrons. The molecule has 2 N–H and O–H groups in total. The molecule has 2 aromatic heterocycles. The second-order valence-corrected chi connectivity index (χ2v) is 10.8. The molecule has 4 rings (SSSR count). The average Bonchev–Trinajstić information content (AvgIpc) is 2.91. The first-order chi connectivity index (χ1) is 20.1. The van der Waals surface area contributed by atoms with Crippen molar-refractivity contribution in [2.24, 2.45) is 5.92 Å². The predicted octanol–water partition coefficient (Wildman–Crippen LogP) is 3.13. The first-order valence-corrected chi connectivity index (χ1v) is 13.5. The van der Waals surface area contributed by atoms with Gasteiger partial charge in [-0.15, -0.1) is 0 Å². The Kier molecular flexibility index (Phi) is 9.22. The number of pyridine rings is 1. The lowest BCUT2D eigenvalue weighted by atomic mass is 10.0. The van der Waals surface area contributed by atoms with Crippen LogP contribution in [0.5, 0.6) is 0 Å². The van der Waals surface area contributed by atoms with Gasteiger partial charge < -0.3 is 24.8 Å². The van der Waals surface area contributed by atoms with E-state index in [2.05, 4.69) is 15.4 Å². The first-order valence-electron chi connectivity index (χ1n) is 13.5. The summed E-state index contributed by atoms with van der Waals surface area (Å²) in [5, 5.41) is 7.68. The second-order valence-electron chi connectivity index (χ2n) is 10.8. The van der Waals surface area contributed by atoms with Crippen molar-refractivity contribution in [2.45, 2.75) is 51.6 Å². The standard InChI is InChI=1S/C26H31F6N7O4/c1-14(2)11-39-18-8-16(25(27,28)29)9-33-22(18)38-6-5-37(12-19(38)24(39)42)20(40)4-7-43-13-15(3)35-17-10-34-36-23(41)21(17)26(30,31)32/h8-10,14-15,19H,4-7,11-13H2,1-3H3,(H2,35,36,41)/t15-,19+/m0/s1. The van der Waals surface area contributed by atoms with Gasteiger partial charge >= 0.3 is 12.4 Å². The molecule has 0 bridgehead atoms. The number of carbonyl (C=O) groups is 2. The van der Waals surface area contributed by atoms with Gasteiger partial charge in [-0.3, -0.25) is 14.4 Å². The van der Waals surface area contributed by atoms with Crippen LogP contribution in [0.3, 0.4) is 0 Å². The Balaban J connectivity index is 1.35. The number of fused-ring (bicyclic) bond motifs is 3. The van der Waals surface area contributed by atoms with Crippen molar-refractivity contribution in [1.82, 2.24) is 20.1 Å². The Morgan fingerprint density at radius 3 is 2.49 bits per heavy atom. The Bertz CT molecular complexity index is 1400. The van der Waals surface area contributed by atoms with E-state index in [1.54, 1.807) is 10.00 Å². The number of hydrogen-bond acceptors (Lipinski definition) is 8. The fourth-order valence-electron chi connectivity index (χ4n) is 5.02. The fraction of sp³-hybridized carbons (Fsp3) is 0.577. The number of aromatic amines is 1. The minimum absolute atomic E-state index is 0.00212. The van der Waals surface area contributed by atoms with Gasteiger partial charge in [-0.1, -0.05) is 13.8 Å². The quantitative estimate of drug-likeness (QED) is 0.324. The van der Waals surface area contributed by atoms with Crippen molar-refractivity contribution in [3.8, 4) is 0 Å². The monoisotopic (exact) mass is 619 g/mol. The molecule has 2 aliphatic heterocycles. The number of nitrogens with zero attached hydrogens (tertiary/aromatic N) is 5. The van der Waals surface area contributed by atoms with E-state index >= 15 is 0 Å². The summed E-state index contributed by atoms with van der Waals surface area (Å²) in [4.78, 5) is 46.5. The maximum Gasteiger partial charge on any atom is 0.423 e. The summed E-state index contributed by atoms with van der Waals surface area (Å²) >= 11 is 0. The van der Waals surface area contributed by atoms with Crippen LogP contribution in [0, 0.1) is 5.92 Å². The van der Waals surface area contributed by atoms with Gasteiger partial charge in [0, 0.05) is 31.9 Å². The molecule has 0 spiro atoms. The molecule has 2 aromatic rings. The number of piperazine rings is 1. The Morgan fingerprint density at radius 2 is 1.84 bits per heavy atom. The number of halogens is 6. The van der Waals surface area contributed by atoms with Crippen LogP contribution in [-0.4, -0.2) is 83.4 Å². The molecule has 2 amide bonds. The number of alkyl halides is 6. The Morgan fingerprint density at radius 1 is 1.12 bits per heavy atom. The largest absolute Gasteiger partial charge is 0.423 e. The number of aromatic nitrogens is 3. The van der Waals surface area contributed by atoms with Gasteiger partial charge in [0.05, 0.1) is 49.3 Å². The topological polar surface area (TPSA) is 124 Å². The number of hydrogen-bond donors (Lipinski definition) is 2. The highest BCUT2D eigenvalue weighted by Crippen LogP contribution is 2.40. The Labute approximate surface area is 242 Å². The molecule has 2 atom stereocenters. The third kappa shape index (κ3) is 7.19. The molecule has 1 fully saturated rings.